The van der Waals surface area contributed by atoms with E-state index in [9.17, 15) is 4.79 Å². The van der Waals surface area contributed by atoms with Crippen molar-refractivity contribution in [3.63, 3.8) is 0 Å². The lowest BCUT2D eigenvalue weighted by Crippen LogP contribution is -2.50. The van der Waals surface area contributed by atoms with Gasteiger partial charge in [-0.05, 0) is 12.6 Å². The highest BCUT2D eigenvalue weighted by Crippen LogP contribution is 2.38. The van der Waals surface area contributed by atoms with Gasteiger partial charge in [0.15, 0.2) is 11.5 Å². The van der Waals surface area contributed by atoms with E-state index in [0.29, 0.717) is 42.0 Å². The molecule has 0 spiro atoms. The van der Waals surface area contributed by atoms with Gasteiger partial charge in [0.25, 0.3) is 0 Å². The third kappa shape index (κ3) is 3.82. The highest BCUT2D eigenvalue weighted by Gasteiger charge is 2.30. The molecule has 7 heteroatoms. The molecule has 6 nitrogen and oxygen atoms in total. The van der Waals surface area contributed by atoms with E-state index >= 15 is 0 Å². The maximum atomic E-state index is 13.0. The van der Waals surface area contributed by atoms with Crippen LogP contribution in [0.1, 0.15) is 11.6 Å². The van der Waals surface area contributed by atoms with Crippen LogP contribution in [-0.4, -0.2) is 55.7 Å². The number of hydrogen-bond donors (Lipinski definition) is 1. The fourth-order valence-electron chi connectivity index (χ4n) is 3.47. The van der Waals surface area contributed by atoms with E-state index in [-0.39, 0.29) is 12.1 Å². The zero-order valence-electron chi connectivity index (χ0n) is 15.2. The van der Waals surface area contributed by atoms with Crippen LogP contribution in [-0.2, 0) is 0 Å². The van der Waals surface area contributed by atoms with Crippen LogP contribution in [0.15, 0.2) is 42.5 Å². The number of halogens is 1. The average molecular weight is 388 g/mol. The molecule has 0 unspecified atom stereocenters. The summed E-state index contributed by atoms with van der Waals surface area (Å²) in [5.74, 6) is 1.20. The van der Waals surface area contributed by atoms with Crippen LogP contribution in [0, 0.1) is 0 Å². The third-order valence-corrected chi connectivity index (χ3v) is 5.21. The van der Waals surface area contributed by atoms with Crippen molar-refractivity contribution in [1.29, 1.82) is 0 Å². The lowest BCUT2D eigenvalue weighted by Gasteiger charge is -2.40. The topological polar surface area (TPSA) is 54.0 Å². The van der Waals surface area contributed by atoms with Crippen LogP contribution in [0.4, 0.5) is 10.5 Å². The number of fused-ring (bicyclic) bond motifs is 1. The number of nitrogens with one attached hydrogen (secondary N) is 1. The second-order valence-corrected chi connectivity index (χ2v) is 7.20. The third-order valence-electron chi connectivity index (χ3n) is 4.90. The number of anilines is 1. The number of amides is 2. The predicted molar refractivity (Wildman–Crippen MR) is 105 cm³/mol. The van der Waals surface area contributed by atoms with Crippen molar-refractivity contribution in [2.45, 2.75) is 6.04 Å². The number of nitrogens with zero attached hydrogens (tertiary/aromatic N) is 2. The molecule has 2 aliphatic rings. The normalized spacial score (nSPS) is 19.6. The molecule has 4 rings (SSSR count). The van der Waals surface area contributed by atoms with Gasteiger partial charge in [0, 0.05) is 31.8 Å². The first-order valence-electron chi connectivity index (χ1n) is 9.02. The van der Waals surface area contributed by atoms with Crippen molar-refractivity contribution in [2.75, 3.05) is 45.2 Å². The molecule has 2 aromatic carbocycles. The molecule has 0 radical (unpaired) electrons. The Morgan fingerprint density at radius 2 is 1.81 bits per heavy atom. The maximum Gasteiger partial charge on any atom is 0.322 e. The summed E-state index contributed by atoms with van der Waals surface area (Å²) in [6.07, 6.45) is 0. The van der Waals surface area contributed by atoms with Gasteiger partial charge < -0.3 is 24.6 Å². The average Bonchev–Trinajstić information content (AvgIpc) is 2.69. The second-order valence-electron chi connectivity index (χ2n) is 6.79. The van der Waals surface area contributed by atoms with Crippen LogP contribution in [0.5, 0.6) is 11.5 Å². The van der Waals surface area contributed by atoms with Gasteiger partial charge in [-0.2, -0.15) is 0 Å². The van der Waals surface area contributed by atoms with Crippen molar-refractivity contribution in [3.05, 3.63) is 53.1 Å². The highest BCUT2D eigenvalue weighted by molar-refractivity contribution is 6.34. The van der Waals surface area contributed by atoms with Crippen LogP contribution in [0.3, 0.4) is 0 Å². The molecule has 0 aromatic heterocycles. The Bertz CT molecular complexity index is 831. The number of ether oxygens (including phenoxy) is 2. The summed E-state index contributed by atoms with van der Waals surface area (Å²) >= 11 is 6.34. The molecule has 1 N–H and O–H groups in total. The van der Waals surface area contributed by atoms with Gasteiger partial charge in [-0.25, -0.2) is 4.79 Å². The molecular weight excluding hydrogens is 366 g/mol. The van der Waals surface area contributed by atoms with E-state index in [0.717, 1.165) is 18.7 Å². The van der Waals surface area contributed by atoms with Gasteiger partial charge >= 0.3 is 6.03 Å². The van der Waals surface area contributed by atoms with Gasteiger partial charge in [0.2, 0.25) is 0 Å². The quantitative estimate of drug-likeness (QED) is 0.854. The predicted octanol–water partition coefficient (Wildman–Crippen LogP) is 3.63. The Morgan fingerprint density at radius 1 is 1.11 bits per heavy atom. The zero-order chi connectivity index (χ0) is 18.8. The minimum absolute atomic E-state index is 0.0130. The lowest BCUT2D eigenvalue weighted by atomic mass is 10.0. The Hall–Kier alpha value is -2.44. The lowest BCUT2D eigenvalue weighted by molar-refractivity contribution is 0.116. The first kappa shape index (κ1) is 17.9. The van der Waals surface area contributed by atoms with E-state index in [4.69, 9.17) is 21.1 Å². The summed E-state index contributed by atoms with van der Waals surface area (Å²) in [5, 5.41) is 3.37. The van der Waals surface area contributed by atoms with Gasteiger partial charge in [-0.15, -0.1) is 0 Å². The van der Waals surface area contributed by atoms with Gasteiger partial charge in [-0.1, -0.05) is 41.9 Å². The Kier molecular flexibility index (Phi) is 5.09. The van der Waals surface area contributed by atoms with Crippen LogP contribution >= 0.6 is 11.6 Å². The zero-order valence-corrected chi connectivity index (χ0v) is 15.9. The molecule has 2 aliphatic heterocycles. The number of likely N-dealkylation sites (N-methyl/N-ethyl adjacent to an activating group) is 1. The summed E-state index contributed by atoms with van der Waals surface area (Å²) in [6, 6.07) is 13.3. The molecule has 0 bridgehead atoms. The minimum Gasteiger partial charge on any atom is -0.486 e. The molecular formula is C20H22ClN3O3. The number of hydrogen-bond acceptors (Lipinski definition) is 4. The fraction of sp³-hybridized carbons (Fsp3) is 0.350. The first-order valence-corrected chi connectivity index (χ1v) is 9.40. The summed E-state index contributed by atoms with van der Waals surface area (Å²) in [6.45, 7) is 3.23. The van der Waals surface area contributed by atoms with Crippen molar-refractivity contribution >= 4 is 23.3 Å². The first-order chi connectivity index (χ1) is 13.1. The SMILES string of the molecule is CN1CCN(C(=O)Nc2cc3c(cc2Cl)OCCO3)[C@H](c2ccccc2)C1. The summed E-state index contributed by atoms with van der Waals surface area (Å²) in [4.78, 5) is 17.1. The summed E-state index contributed by atoms with van der Waals surface area (Å²) in [7, 11) is 2.07. The summed E-state index contributed by atoms with van der Waals surface area (Å²) in [5.41, 5.74) is 1.64. The molecule has 1 saturated heterocycles. The molecule has 2 amide bonds. The van der Waals surface area contributed by atoms with Gasteiger partial charge in [0.05, 0.1) is 16.8 Å². The molecule has 2 heterocycles. The molecule has 27 heavy (non-hydrogen) atoms. The highest BCUT2D eigenvalue weighted by atomic mass is 35.5. The molecule has 0 aliphatic carbocycles. The molecule has 2 aromatic rings. The van der Waals surface area contributed by atoms with E-state index in [1.165, 1.54) is 0 Å². The second kappa shape index (κ2) is 7.66. The van der Waals surface area contributed by atoms with Gasteiger partial charge in [-0.3, -0.25) is 0 Å². The van der Waals surface area contributed by atoms with Crippen molar-refractivity contribution in [1.82, 2.24) is 9.80 Å². The van der Waals surface area contributed by atoms with Crippen LogP contribution in [0.2, 0.25) is 5.02 Å². The minimum atomic E-state index is -0.171. The maximum absolute atomic E-state index is 13.0. The molecule has 1 atom stereocenters. The van der Waals surface area contributed by atoms with Gasteiger partial charge in [0.1, 0.15) is 13.2 Å². The molecule has 1 fully saturated rings. The van der Waals surface area contributed by atoms with E-state index in [2.05, 4.69) is 29.4 Å². The van der Waals surface area contributed by atoms with Crippen LogP contribution in [0.25, 0.3) is 0 Å². The smallest absolute Gasteiger partial charge is 0.322 e. The summed E-state index contributed by atoms with van der Waals surface area (Å²) < 4.78 is 11.1. The Morgan fingerprint density at radius 3 is 2.56 bits per heavy atom. The largest absolute Gasteiger partial charge is 0.486 e. The number of benzene rings is 2. The monoisotopic (exact) mass is 387 g/mol. The van der Waals surface area contributed by atoms with E-state index in [1.807, 2.05) is 23.1 Å². The molecule has 142 valence electrons. The van der Waals surface area contributed by atoms with Crippen molar-refractivity contribution < 1.29 is 14.3 Å². The number of carbonyl (C=O) groups is 1. The van der Waals surface area contributed by atoms with E-state index < -0.39 is 0 Å². The Balaban J connectivity index is 1.56. The van der Waals surface area contributed by atoms with E-state index in [1.54, 1.807) is 12.1 Å². The van der Waals surface area contributed by atoms with Crippen molar-refractivity contribution in [2.24, 2.45) is 0 Å². The number of carbonyl (C=O) groups excluding carboxylic acids is 1. The fourth-order valence-corrected chi connectivity index (χ4v) is 3.67. The van der Waals surface area contributed by atoms with Crippen LogP contribution < -0.4 is 14.8 Å². The molecule has 0 saturated carbocycles. The number of rotatable bonds is 2. The Labute approximate surface area is 163 Å². The van der Waals surface area contributed by atoms with Crippen molar-refractivity contribution in [3.8, 4) is 11.5 Å². The number of urea groups is 1. The number of piperazine rings is 1. The standard InChI is InChI=1S/C20H22ClN3O3/c1-23-7-8-24(17(13-23)14-5-3-2-4-6-14)20(25)22-16-12-19-18(11-15(16)21)26-9-10-27-19/h2-6,11-12,17H,7-10,13H2,1H3,(H,22,25)/t17-/m0/s1.